The van der Waals surface area contributed by atoms with Gasteiger partial charge in [-0.15, -0.1) is 24.0 Å². The summed E-state index contributed by atoms with van der Waals surface area (Å²) in [6.45, 7) is 3.70. The summed E-state index contributed by atoms with van der Waals surface area (Å²) in [6.07, 6.45) is 0.196. The lowest BCUT2D eigenvalue weighted by Gasteiger charge is -2.12. The van der Waals surface area contributed by atoms with E-state index >= 15 is 0 Å². The minimum absolute atomic E-state index is 0. The fraction of sp³-hybridized carbons (Fsp3) is 0.300. The molecule has 3 N–H and O–H groups in total. The van der Waals surface area contributed by atoms with E-state index in [0.717, 1.165) is 5.56 Å². The molecular weight excluding hydrogens is 477 g/mol. The Morgan fingerprint density at radius 3 is 2.32 bits per heavy atom. The van der Waals surface area contributed by atoms with E-state index in [9.17, 15) is 13.6 Å². The van der Waals surface area contributed by atoms with Gasteiger partial charge < -0.3 is 16.0 Å². The average Bonchev–Trinajstić information content (AvgIpc) is 2.66. The number of rotatable bonds is 8. The van der Waals surface area contributed by atoms with Gasteiger partial charge in [-0.1, -0.05) is 30.3 Å². The van der Waals surface area contributed by atoms with Crippen LogP contribution in [0.4, 0.5) is 8.78 Å². The Morgan fingerprint density at radius 1 is 0.964 bits per heavy atom. The number of carbonyl (C=O) groups excluding carboxylic acids is 1. The molecule has 0 aromatic heterocycles. The quantitative estimate of drug-likeness (QED) is 0.225. The molecule has 0 heterocycles. The van der Waals surface area contributed by atoms with E-state index in [0.29, 0.717) is 31.2 Å². The molecule has 0 radical (unpaired) electrons. The zero-order chi connectivity index (χ0) is 19.5. The van der Waals surface area contributed by atoms with E-state index < -0.39 is 0 Å². The van der Waals surface area contributed by atoms with Crippen molar-refractivity contribution in [2.24, 2.45) is 4.99 Å². The molecule has 2 aromatic carbocycles. The predicted octanol–water partition coefficient (Wildman–Crippen LogP) is 3.00. The Labute approximate surface area is 181 Å². The minimum atomic E-state index is -0.325. The standard InChI is InChI=1S/C20H24F2N4O.HI/c1-2-23-20(26-14-16-5-3-4-6-18(16)22)25-12-11-24-19(27)13-15-7-9-17(21)10-8-15;/h3-10H,2,11-14H2,1H3,(H,24,27)(H2,23,25,26);1H. The summed E-state index contributed by atoms with van der Waals surface area (Å²) in [5.41, 5.74) is 1.27. The number of amides is 1. The van der Waals surface area contributed by atoms with Gasteiger partial charge in [0.25, 0.3) is 0 Å². The van der Waals surface area contributed by atoms with Crippen LogP contribution in [-0.2, 0) is 17.8 Å². The average molecular weight is 502 g/mol. The van der Waals surface area contributed by atoms with Crippen LogP contribution in [0.5, 0.6) is 0 Å². The number of halogens is 3. The Balaban J connectivity index is 0.00000392. The molecule has 0 unspecified atom stereocenters. The largest absolute Gasteiger partial charge is 0.357 e. The summed E-state index contributed by atoms with van der Waals surface area (Å²) < 4.78 is 26.5. The van der Waals surface area contributed by atoms with Crippen molar-refractivity contribution in [3.63, 3.8) is 0 Å². The summed E-state index contributed by atoms with van der Waals surface area (Å²) in [4.78, 5) is 16.2. The van der Waals surface area contributed by atoms with Gasteiger partial charge in [-0.25, -0.2) is 13.8 Å². The van der Waals surface area contributed by atoms with E-state index in [1.165, 1.54) is 18.2 Å². The van der Waals surface area contributed by atoms with Gasteiger partial charge in [0.05, 0.1) is 13.0 Å². The summed E-state index contributed by atoms with van der Waals surface area (Å²) in [5.74, 6) is -0.204. The topological polar surface area (TPSA) is 65.5 Å². The number of hydrogen-bond donors (Lipinski definition) is 3. The smallest absolute Gasteiger partial charge is 0.224 e. The maximum absolute atomic E-state index is 13.6. The van der Waals surface area contributed by atoms with Crippen molar-refractivity contribution in [2.45, 2.75) is 19.9 Å². The van der Waals surface area contributed by atoms with Crippen molar-refractivity contribution in [3.8, 4) is 0 Å². The first-order chi connectivity index (χ1) is 13.1. The highest BCUT2D eigenvalue weighted by molar-refractivity contribution is 14.0. The van der Waals surface area contributed by atoms with Crippen LogP contribution in [0.15, 0.2) is 53.5 Å². The van der Waals surface area contributed by atoms with Crippen molar-refractivity contribution in [3.05, 3.63) is 71.3 Å². The highest BCUT2D eigenvalue weighted by Crippen LogP contribution is 2.07. The van der Waals surface area contributed by atoms with Gasteiger partial charge in [0.15, 0.2) is 5.96 Å². The molecule has 28 heavy (non-hydrogen) atoms. The van der Waals surface area contributed by atoms with Crippen LogP contribution in [0.1, 0.15) is 18.1 Å². The van der Waals surface area contributed by atoms with Gasteiger partial charge in [-0.3, -0.25) is 4.79 Å². The van der Waals surface area contributed by atoms with E-state index in [1.807, 2.05) is 6.92 Å². The summed E-state index contributed by atoms with van der Waals surface area (Å²) in [7, 11) is 0. The predicted molar refractivity (Wildman–Crippen MR) is 118 cm³/mol. The fourth-order valence-corrected chi connectivity index (χ4v) is 2.37. The highest BCUT2D eigenvalue weighted by atomic mass is 127. The molecule has 5 nitrogen and oxygen atoms in total. The number of benzene rings is 2. The number of aliphatic imine (C=N–C) groups is 1. The van der Waals surface area contributed by atoms with E-state index in [4.69, 9.17) is 0 Å². The lowest BCUT2D eigenvalue weighted by atomic mass is 10.1. The number of hydrogen-bond acceptors (Lipinski definition) is 2. The number of nitrogens with zero attached hydrogens (tertiary/aromatic N) is 1. The summed E-state index contributed by atoms with van der Waals surface area (Å²) in [5, 5.41) is 8.95. The maximum Gasteiger partial charge on any atom is 0.224 e. The van der Waals surface area contributed by atoms with E-state index in [1.54, 1.807) is 30.3 Å². The molecule has 0 bridgehead atoms. The zero-order valence-corrected chi connectivity index (χ0v) is 18.0. The third kappa shape index (κ3) is 8.64. The third-order valence-electron chi connectivity index (χ3n) is 3.73. The highest BCUT2D eigenvalue weighted by Gasteiger charge is 2.04. The van der Waals surface area contributed by atoms with Crippen molar-refractivity contribution in [1.82, 2.24) is 16.0 Å². The Hall–Kier alpha value is -2.23. The molecule has 2 rings (SSSR count). The molecule has 0 fully saturated rings. The first-order valence-corrected chi connectivity index (χ1v) is 8.85. The van der Waals surface area contributed by atoms with Gasteiger partial charge >= 0.3 is 0 Å². The lowest BCUT2D eigenvalue weighted by Crippen LogP contribution is -2.41. The third-order valence-corrected chi connectivity index (χ3v) is 3.73. The second-order valence-corrected chi connectivity index (χ2v) is 5.87. The molecular formula is C20H25F2IN4O. The summed E-state index contributed by atoms with van der Waals surface area (Å²) >= 11 is 0. The number of nitrogens with one attached hydrogen (secondary N) is 3. The van der Waals surface area contributed by atoms with Crippen LogP contribution in [0.3, 0.4) is 0 Å². The van der Waals surface area contributed by atoms with E-state index in [2.05, 4.69) is 20.9 Å². The molecule has 0 saturated heterocycles. The molecule has 0 aliphatic carbocycles. The SMILES string of the molecule is CCNC(=NCc1ccccc1F)NCCNC(=O)Cc1ccc(F)cc1.I. The van der Waals surface area contributed by atoms with Gasteiger partial charge in [-0.05, 0) is 30.7 Å². The Morgan fingerprint density at radius 2 is 1.64 bits per heavy atom. The van der Waals surface area contributed by atoms with Crippen LogP contribution in [0.2, 0.25) is 0 Å². The maximum atomic E-state index is 13.6. The van der Waals surface area contributed by atoms with Crippen LogP contribution in [0.25, 0.3) is 0 Å². The first-order valence-electron chi connectivity index (χ1n) is 8.85. The Kier molecular flexibility index (Phi) is 11.1. The molecule has 0 spiro atoms. The van der Waals surface area contributed by atoms with Crippen LogP contribution < -0.4 is 16.0 Å². The number of carbonyl (C=O) groups is 1. The molecule has 2 aromatic rings. The summed E-state index contributed by atoms with van der Waals surface area (Å²) in [6, 6.07) is 12.3. The molecule has 0 saturated carbocycles. The van der Waals surface area contributed by atoms with Crippen molar-refractivity contribution < 1.29 is 13.6 Å². The van der Waals surface area contributed by atoms with E-state index in [-0.39, 0.29) is 54.5 Å². The van der Waals surface area contributed by atoms with Gasteiger partial charge in [0, 0.05) is 25.2 Å². The van der Waals surface area contributed by atoms with Crippen LogP contribution in [0, 0.1) is 11.6 Å². The molecule has 0 atom stereocenters. The molecule has 0 aliphatic rings. The number of guanidine groups is 1. The Bertz CT molecular complexity index is 769. The van der Waals surface area contributed by atoms with Gasteiger partial charge in [0.2, 0.25) is 5.91 Å². The second-order valence-electron chi connectivity index (χ2n) is 5.87. The molecule has 1 amide bonds. The van der Waals surface area contributed by atoms with Crippen molar-refractivity contribution >= 4 is 35.8 Å². The van der Waals surface area contributed by atoms with Crippen molar-refractivity contribution in [1.29, 1.82) is 0 Å². The molecule has 0 aliphatic heterocycles. The fourth-order valence-electron chi connectivity index (χ4n) is 2.37. The monoisotopic (exact) mass is 502 g/mol. The second kappa shape index (κ2) is 13.0. The van der Waals surface area contributed by atoms with Gasteiger partial charge in [0.1, 0.15) is 11.6 Å². The zero-order valence-electron chi connectivity index (χ0n) is 15.7. The van der Waals surface area contributed by atoms with Gasteiger partial charge in [-0.2, -0.15) is 0 Å². The van der Waals surface area contributed by atoms with Crippen LogP contribution >= 0.6 is 24.0 Å². The minimum Gasteiger partial charge on any atom is -0.357 e. The molecule has 152 valence electrons. The lowest BCUT2D eigenvalue weighted by molar-refractivity contribution is -0.120. The first kappa shape index (κ1) is 23.8. The molecule has 8 heteroatoms. The van der Waals surface area contributed by atoms with Crippen molar-refractivity contribution in [2.75, 3.05) is 19.6 Å². The van der Waals surface area contributed by atoms with Crippen LogP contribution in [-0.4, -0.2) is 31.5 Å². The normalized spacial score (nSPS) is 10.8.